The number of nitrogens with zero attached hydrogens (tertiary/aromatic N) is 4. The van der Waals surface area contributed by atoms with Crippen LogP contribution in [0.15, 0.2) is 53.7 Å². The second-order valence-corrected chi connectivity index (χ2v) is 7.14. The van der Waals surface area contributed by atoms with Crippen LogP contribution in [-0.2, 0) is 11.3 Å². The maximum Gasteiger partial charge on any atom is 0.387 e. The summed E-state index contributed by atoms with van der Waals surface area (Å²) in [5.41, 5.74) is 0.581. The van der Waals surface area contributed by atoms with Crippen molar-refractivity contribution < 1.29 is 18.3 Å². The number of rotatable bonds is 8. The van der Waals surface area contributed by atoms with Gasteiger partial charge in [-0.3, -0.25) is 9.79 Å². The van der Waals surface area contributed by atoms with Crippen molar-refractivity contribution in [1.29, 1.82) is 0 Å². The summed E-state index contributed by atoms with van der Waals surface area (Å²) in [4.78, 5) is 25.0. The van der Waals surface area contributed by atoms with Gasteiger partial charge >= 0.3 is 6.61 Å². The van der Waals surface area contributed by atoms with E-state index in [4.69, 9.17) is 0 Å². The van der Waals surface area contributed by atoms with E-state index in [1.165, 1.54) is 6.07 Å². The van der Waals surface area contributed by atoms with Crippen molar-refractivity contribution >= 4 is 17.7 Å². The number of pyridine rings is 1. The number of halogens is 2. The topological polar surface area (TPSA) is 82.1 Å². The summed E-state index contributed by atoms with van der Waals surface area (Å²) in [5.74, 6) is 1.59. The van der Waals surface area contributed by atoms with E-state index in [2.05, 4.69) is 30.2 Å². The van der Waals surface area contributed by atoms with E-state index in [1.807, 2.05) is 23.1 Å². The molecule has 0 spiro atoms. The predicted octanol–water partition coefficient (Wildman–Crippen LogP) is 2.09. The molecule has 0 unspecified atom stereocenters. The van der Waals surface area contributed by atoms with Gasteiger partial charge in [0.05, 0.1) is 0 Å². The van der Waals surface area contributed by atoms with Crippen molar-refractivity contribution in [1.82, 2.24) is 20.5 Å². The molecule has 1 aromatic heterocycles. The van der Waals surface area contributed by atoms with Crippen LogP contribution in [0.4, 0.5) is 14.6 Å². The second kappa shape index (κ2) is 11.8. The lowest BCUT2D eigenvalue weighted by atomic mass is 10.2. The Morgan fingerprint density at radius 2 is 1.88 bits per heavy atom. The lowest BCUT2D eigenvalue weighted by molar-refractivity contribution is -0.131. The minimum Gasteiger partial charge on any atom is -0.434 e. The van der Waals surface area contributed by atoms with Crippen LogP contribution >= 0.6 is 0 Å². The third-order valence-corrected chi connectivity index (χ3v) is 5.10. The first kappa shape index (κ1) is 23.2. The molecular formula is C22H28F2N6O2. The summed E-state index contributed by atoms with van der Waals surface area (Å²) in [6.07, 6.45) is 2.10. The number of carbonyl (C=O) groups is 1. The molecule has 0 radical (unpaired) electrons. The summed E-state index contributed by atoms with van der Waals surface area (Å²) in [6, 6.07) is 12.4. The van der Waals surface area contributed by atoms with Gasteiger partial charge in [-0.15, -0.1) is 0 Å². The van der Waals surface area contributed by atoms with Gasteiger partial charge in [-0.05, 0) is 18.2 Å². The van der Waals surface area contributed by atoms with E-state index >= 15 is 0 Å². The van der Waals surface area contributed by atoms with Gasteiger partial charge in [-0.2, -0.15) is 8.78 Å². The van der Waals surface area contributed by atoms with E-state index < -0.39 is 6.61 Å². The highest BCUT2D eigenvalue weighted by atomic mass is 19.3. The zero-order valence-electron chi connectivity index (χ0n) is 18.0. The monoisotopic (exact) mass is 446 g/mol. The van der Waals surface area contributed by atoms with Gasteiger partial charge in [-0.25, -0.2) is 4.98 Å². The number of hydrogen-bond donors (Lipinski definition) is 2. The number of hydrogen-bond acceptors (Lipinski definition) is 5. The summed E-state index contributed by atoms with van der Waals surface area (Å²) in [7, 11) is 1.61. The van der Waals surface area contributed by atoms with Gasteiger partial charge in [0.1, 0.15) is 11.6 Å². The van der Waals surface area contributed by atoms with Crippen LogP contribution in [0.5, 0.6) is 5.75 Å². The van der Waals surface area contributed by atoms with Crippen molar-refractivity contribution in [3.05, 3.63) is 54.2 Å². The number of aliphatic imine (C=N–C) groups is 1. The molecule has 2 N–H and O–H groups in total. The van der Waals surface area contributed by atoms with Crippen molar-refractivity contribution in [2.24, 2.45) is 4.99 Å². The van der Waals surface area contributed by atoms with Gasteiger partial charge < -0.3 is 25.2 Å². The summed E-state index contributed by atoms with van der Waals surface area (Å²) >= 11 is 0. The maximum absolute atomic E-state index is 12.5. The highest BCUT2D eigenvalue weighted by molar-refractivity contribution is 5.81. The molecule has 172 valence electrons. The molecule has 1 amide bonds. The van der Waals surface area contributed by atoms with Gasteiger partial charge in [0.25, 0.3) is 0 Å². The molecule has 0 aliphatic carbocycles. The number of benzene rings is 1. The van der Waals surface area contributed by atoms with E-state index in [9.17, 15) is 13.6 Å². The number of aromatic nitrogens is 1. The number of carbonyl (C=O) groups excluding carboxylic acids is 1. The molecule has 8 nitrogen and oxygen atoms in total. The number of anilines is 1. The Kier molecular flexibility index (Phi) is 8.59. The normalized spacial score (nSPS) is 14.4. The standard InChI is InChI=1S/C22H28F2N6O2/c1-25-22(28-16-17-6-2-3-7-18(17)32-21(23)24)27-11-9-20(31)30-14-12-29(13-15-30)19-8-4-5-10-26-19/h2-8,10,21H,9,11-16H2,1H3,(H2,25,27,28). The molecule has 1 saturated heterocycles. The lowest BCUT2D eigenvalue weighted by Gasteiger charge is -2.35. The quantitative estimate of drug-likeness (QED) is 0.477. The van der Waals surface area contributed by atoms with Crippen molar-refractivity contribution in [2.75, 3.05) is 44.7 Å². The SMILES string of the molecule is CN=C(NCCC(=O)N1CCN(c2ccccn2)CC1)NCc1ccccc1OC(F)F. The molecule has 1 aliphatic heterocycles. The summed E-state index contributed by atoms with van der Waals surface area (Å²) < 4.78 is 29.6. The minimum absolute atomic E-state index is 0.0734. The third-order valence-electron chi connectivity index (χ3n) is 5.10. The lowest BCUT2D eigenvalue weighted by Crippen LogP contribution is -2.49. The van der Waals surface area contributed by atoms with Crippen LogP contribution < -0.4 is 20.3 Å². The van der Waals surface area contributed by atoms with Crippen LogP contribution in [0.2, 0.25) is 0 Å². The summed E-state index contributed by atoms with van der Waals surface area (Å²) in [5, 5.41) is 6.14. The average Bonchev–Trinajstić information content (AvgIpc) is 2.82. The number of guanidine groups is 1. The van der Waals surface area contributed by atoms with Gasteiger partial charge in [0, 0.05) is 64.5 Å². The molecule has 1 aromatic carbocycles. The molecule has 0 saturated carbocycles. The molecule has 0 bridgehead atoms. The average molecular weight is 447 g/mol. The first-order chi connectivity index (χ1) is 15.6. The zero-order chi connectivity index (χ0) is 22.8. The Morgan fingerprint density at radius 3 is 2.56 bits per heavy atom. The number of ether oxygens (including phenoxy) is 1. The Labute approximate surface area is 186 Å². The Morgan fingerprint density at radius 1 is 1.12 bits per heavy atom. The third kappa shape index (κ3) is 6.79. The minimum atomic E-state index is -2.88. The maximum atomic E-state index is 12.5. The Balaban J connectivity index is 1.39. The fourth-order valence-electron chi connectivity index (χ4n) is 3.43. The largest absolute Gasteiger partial charge is 0.434 e. The first-order valence-electron chi connectivity index (χ1n) is 10.5. The van der Waals surface area contributed by atoms with Crippen molar-refractivity contribution in [2.45, 2.75) is 19.6 Å². The number of para-hydroxylation sites is 1. The fourth-order valence-corrected chi connectivity index (χ4v) is 3.43. The molecule has 32 heavy (non-hydrogen) atoms. The molecule has 2 aromatic rings. The Bertz CT molecular complexity index is 889. The van der Waals surface area contributed by atoms with Crippen LogP contribution in [0.25, 0.3) is 0 Å². The number of nitrogens with one attached hydrogen (secondary N) is 2. The fraction of sp³-hybridized carbons (Fsp3) is 0.409. The van der Waals surface area contributed by atoms with Crippen LogP contribution in [0.1, 0.15) is 12.0 Å². The van der Waals surface area contributed by atoms with E-state index in [-0.39, 0.29) is 18.2 Å². The molecule has 0 atom stereocenters. The number of piperazine rings is 1. The van der Waals surface area contributed by atoms with Crippen LogP contribution in [-0.4, -0.2) is 68.1 Å². The van der Waals surface area contributed by atoms with Crippen LogP contribution in [0.3, 0.4) is 0 Å². The van der Waals surface area contributed by atoms with Gasteiger partial charge in [0.2, 0.25) is 5.91 Å². The molecule has 3 rings (SSSR count). The van der Waals surface area contributed by atoms with Gasteiger partial charge in [-0.1, -0.05) is 24.3 Å². The summed E-state index contributed by atoms with van der Waals surface area (Å²) in [6.45, 7) is 0.594. The van der Waals surface area contributed by atoms with E-state index in [0.29, 0.717) is 37.6 Å². The molecule has 10 heteroatoms. The molecule has 1 aliphatic rings. The van der Waals surface area contributed by atoms with Crippen LogP contribution in [0, 0.1) is 0 Å². The second-order valence-electron chi connectivity index (χ2n) is 7.14. The van der Waals surface area contributed by atoms with E-state index in [1.54, 1.807) is 31.4 Å². The first-order valence-corrected chi connectivity index (χ1v) is 10.5. The zero-order valence-corrected chi connectivity index (χ0v) is 18.0. The molecule has 1 fully saturated rings. The smallest absolute Gasteiger partial charge is 0.387 e. The highest BCUT2D eigenvalue weighted by Crippen LogP contribution is 2.20. The highest BCUT2D eigenvalue weighted by Gasteiger charge is 2.21. The van der Waals surface area contributed by atoms with E-state index in [0.717, 1.165) is 18.9 Å². The molecule has 2 heterocycles. The number of alkyl halides is 2. The van der Waals surface area contributed by atoms with Gasteiger partial charge in [0.15, 0.2) is 5.96 Å². The number of amides is 1. The van der Waals surface area contributed by atoms with Crippen molar-refractivity contribution in [3.8, 4) is 5.75 Å². The van der Waals surface area contributed by atoms with Crippen molar-refractivity contribution in [3.63, 3.8) is 0 Å². The predicted molar refractivity (Wildman–Crippen MR) is 119 cm³/mol. The molecular weight excluding hydrogens is 418 g/mol. The Hall–Kier alpha value is -3.43.